The van der Waals surface area contributed by atoms with Gasteiger partial charge in [-0.2, -0.15) is 5.26 Å². The van der Waals surface area contributed by atoms with E-state index in [1.165, 1.54) is 65.3 Å². The Balaban J connectivity index is 1.08. The molecule has 0 aliphatic rings. The van der Waals surface area contributed by atoms with Crippen LogP contribution in [0.25, 0.3) is 87.6 Å². The summed E-state index contributed by atoms with van der Waals surface area (Å²) in [5.74, 6) is 0. The normalized spacial score (nSPS) is 11.3. The summed E-state index contributed by atoms with van der Waals surface area (Å²) in [5, 5.41) is 20.0. The standard InChI is InChI=1S/C47H29N/c48-30-31-25-38(32-17-21-34(22-18-32)46-28-36-9-1-3-11-40(36)42-13-5-7-15-44(42)46)27-39(26-31)33-19-23-35(24-20-33)47-29-37-10-2-4-12-41(37)43-14-6-8-16-45(43)47/h1-29H. The zero-order valence-electron chi connectivity index (χ0n) is 26.2. The fraction of sp³-hybridized carbons (Fsp3) is 0. The second-order valence-electron chi connectivity index (χ2n) is 12.4. The van der Waals surface area contributed by atoms with Gasteiger partial charge < -0.3 is 0 Å². The first-order valence-electron chi connectivity index (χ1n) is 16.3. The maximum absolute atomic E-state index is 9.99. The first kappa shape index (κ1) is 27.8. The molecule has 0 spiro atoms. The highest BCUT2D eigenvalue weighted by molar-refractivity contribution is 6.15. The van der Waals surface area contributed by atoms with E-state index in [1.807, 2.05) is 12.1 Å². The molecule has 0 unspecified atom stereocenters. The molecule has 9 rings (SSSR count). The SMILES string of the molecule is N#Cc1cc(-c2ccc(-c3cc4ccccc4c4ccccc34)cc2)cc(-c2ccc(-c3cc4ccccc4c4ccccc34)cc2)c1. The minimum absolute atomic E-state index is 0.650. The first-order chi connectivity index (χ1) is 23.7. The molecule has 1 nitrogen and oxygen atoms in total. The van der Waals surface area contributed by atoms with Gasteiger partial charge in [-0.1, -0.05) is 146 Å². The van der Waals surface area contributed by atoms with Crippen molar-refractivity contribution in [1.82, 2.24) is 0 Å². The average Bonchev–Trinajstić information content (AvgIpc) is 3.17. The molecule has 0 radical (unpaired) electrons. The number of benzene rings is 9. The maximum Gasteiger partial charge on any atom is 0.0992 e. The van der Waals surface area contributed by atoms with Crippen molar-refractivity contribution in [2.75, 3.05) is 0 Å². The predicted octanol–water partition coefficient (Wildman–Crippen LogP) is 12.8. The Morgan fingerprint density at radius 2 is 0.646 bits per heavy atom. The minimum atomic E-state index is 0.650. The van der Waals surface area contributed by atoms with Crippen molar-refractivity contribution in [2.45, 2.75) is 0 Å². The number of hydrogen-bond donors (Lipinski definition) is 0. The highest BCUT2D eigenvalue weighted by atomic mass is 14.2. The molecule has 48 heavy (non-hydrogen) atoms. The summed E-state index contributed by atoms with van der Waals surface area (Å²) >= 11 is 0. The van der Waals surface area contributed by atoms with Crippen molar-refractivity contribution in [3.63, 3.8) is 0 Å². The Hall–Kier alpha value is -6.49. The van der Waals surface area contributed by atoms with Crippen molar-refractivity contribution in [3.8, 4) is 50.6 Å². The van der Waals surface area contributed by atoms with Crippen molar-refractivity contribution < 1.29 is 0 Å². The number of nitriles is 1. The first-order valence-corrected chi connectivity index (χ1v) is 16.3. The van der Waals surface area contributed by atoms with E-state index in [4.69, 9.17) is 0 Å². The topological polar surface area (TPSA) is 23.8 Å². The molecule has 0 amide bonds. The van der Waals surface area contributed by atoms with E-state index in [2.05, 4.69) is 170 Å². The molecule has 0 heterocycles. The van der Waals surface area contributed by atoms with Gasteiger partial charge in [0.05, 0.1) is 11.6 Å². The summed E-state index contributed by atoms with van der Waals surface area (Å²) in [4.78, 5) is 0. The second-order valence-corrected chi connectivity index (χ2v) is 12.4. The Kier molecular flexibility index (Phi) is 6.59. The minimum Gasteiger partial charge on any atom is -0.192 e. The van der Waals surface area contributed by atoms with Crippen LogP contribution >= 0.6 is 0 Å². The molecule has 0 aromatic heterocycles. The molecular weight excluding hydrogens is 579 g/mol. The summed E-state index contributed by atoms with van der Waals surface area (Å²) in [6.45, 7) is 0. The van der Waals surface area contributed by atoms with Gasteiger partial charge in [-0.15, -0.1) is 0 Å². The molecule has 0 saturated heterocycles. The molecule has 0 fully saturated rings. The molecule has 9 aromatic carbocycles. The Morgan fingerprint density at radius 1 is 0.292 bits per heavy atom. The summed E-state index contributed by atoms with van der Waals surface area (Å²) in [6, 6.07) is 65.1. The zero-order chi connectivity index (χ0) is 32.0. The van der Waals surface area contributed by atoms with Crippen molar-refractivity contribution in [3.05, 3.63) is 181 Å². The molecule has 0 N–H and O–H groups in total. The second kappa shape index (κ2) is 11.4. The summed E-state index contributed by atoms with van der Waals surface area (Å²) < 4.78 is 0. The maximum atomic E-state index is 9.99. The highest BCUT2D eigenvalue weighted by Crippen LogP contribution is 2.38. The van der Waals surface area contributed by atoms with Gasteiger partial charge in [0, 0.05) is 0 Å². The number of hydrogen-bond acceptors (Lipinski definition) is 1. The van der Waals surface area contributed by atoms with Crippen LogP contribution in [-0.2, 0) is 0 Å². The Bertz CT molecular complexity index is 2530. The van der Waals surface area contributed by atoms with Crippen LogP contribution in [0.15, 0.2) is 176 Å². The zero-order valence-corrected chi connectivity index (χ0v) is 26.2. The van der Waals surface area contributed by atoms with E-state index in [9.17, 15) is 5.26 Å². The third kappa shape index (κ3) is 4.71. The van der Waals surface area contributed by atoms with Crippen LogP contribution in [0.5, 0.6) is 0 Å². The van der Waals surface area contributed by atoms with Gasteiger partial charge in [0.15, 0.2) is 0 Å². The van der Waals surface area contributed by atoms with E-state index >= 15 is 0 Å². The monoisotopic (exact) mass is 607 g/mol. The molecule has 9 aromatic rings. The van der Waals surface area contributed by atoms with Gasteiger partial charge in [-0.3, -0.25) is 0 Å². The van der Waals surface area contributed by atoms with Gasteiger partial charge in [0.25, 0.3) is 0 Å². The van der Waals surface area contributed by atoms with Crippen LogP contribution in [0.2, 0.25) is 0 Å². The molecule has 0 aliphatic carbocycles. The third-order valence-corrected chi connectivity index (χ3v) is 9.66. The fourth-order valence-corrected chi connectivity index (χ4v) is 7.30. The summed E-state index contributed by atoms with van der Waals surface area (Å²) in [7, 11) is 0. The summed E-state index contributed by atoms with van der Waals surface area (Å²) in [5.41, 5.74) is 9.68. The third-order valence-electron chi connectivity index (χ3n) is 9.66. The number of fused-ring (bicyclic) bond motifs is 6. The quantitative estimate of drug-likeness (QED) is 0.183. The van der Waals surface area contributed by atoms with E-state index in [-0.39, 0.29) is 0 Å². The van der Waals surface area contributed by atoms with Crippen LogP contribution in [0.3, 0.4) is 0 Å². The molecule has 1 heteroatoms. The van der Waals surface area contributed by atoms with Gasteiger partial charge in [0.1, 0.15) is 0 Å². The van der Waals surface area contributed by atoms with Crippen molar-refractivity contribution in [2.24, 2.45) is 0 Å². The average molecular weight is 608 g/mol. The summed E-state index contributed by atoms with van der Waals surface area (Å²) in [6.07, 6.45) is 0. The molecular formula is C47H29N. The predicted molar refractivity (Wildman–Crippen MR) is 203 cm³/mol. The molecule has 0 saturated carbocycles. The van der Waals surface area contributed by atoms with E-state index in [1.54, 1.807) is 0 Å². The van der Waals surface area contributed by atoms with Crippen molar-refractivity contribution >= 4 is 43.1 Å². The molecule has 222 valence electrons. The van der Waals surface area contributed by atoms with Crippen LogP contribution in [0, 0.1) is 11.3 Å². The number of rotatable bonds is 4. The van der Waals surface area contributed by atoms with Crippen LogP contribution in [0.4, 0.5) is 0 Å². The van der Waals surface area contributed by atoms with Crippen LogP contribution in [-0.4, -0.2) is 0 Å². The lowest BCUT2D eigenvalue weighted by Gasteiger charge is -2.13. The Labute approximate surface area is 279 Å². The van der Waals surface area contributed by atoms with Gasteiger partial charge in [-0.05, 0) is 118 Å². The fourth-order valence-electron chi connectivity index (χ4n) is 7.30. The van der Waals surface area contributed by atoms with E-state index in [0.717, 1.165) is 22.3 Å². The van der Waals surface area contributed by atoms with Gasteiger partial charge in [-0.25, -0.2) is 0 Å². The van der Waals surface area contributed by atoms with Crippen molar-refractivity contribution in [1.29, 1.82) is 5.26 Å². The lowest BCUT2D eigenvalue weighted by atomic mass is 9.91. The highest BCUT2D eigenvalue weighted by Gasteiger charge is 2.12. The smallest absolute Gasteiger partial charge is 0.0992 e. The Morgan fingerprint density at radius 3 is 1.06 bits per heavy atom. The van der Waals surface area contributed by atoms with Crippen LogP contribution < -0.4 is 0 Å². The van der Waals surface area contributed by atoms with Gasteiger partial charge >= 0.3 is 0 Å². The van der Waals surface area contributed by atoms with E-state index < -0.39 is 0 Å². The van der Waals surface area contributed by atoms with E-state index in [0.29, 0.717) is 5.56 Å². The molecule has 0 bridgehead atoms. The number of nitrogens with zero attached hydrogens (tertiary/aromatic N) is 1. The largest absolute Gasteiger partial charge is 0.192 e. The van der Waals surface area contributed by atoms with Crippen LogP contribution in [0.1, 0.15) is 5.56 Å². The molecule has 0 atom stereocenters. The molecule has 0 aliphatic heterocycles. The lowest BCUT2D eigenvalue weighted by Crippen LogP contribution is -1.88. The van der Waals surface area contributed by atoms with Gasteiger partial charge in [0.2, 0.25) is 0 Å². The lowest BCUT2D eigenvalue weighted by molar-refractivity contribution is 1.48.